The first-order chi connectivity index (χ1) is 9.84. The molecule has 2 N–H and O–H groups in total. The Labute approximate surface area is 127 Å². The average molecular weight is 294 g/mol. The van der Waals surface area contributed by atoms with Crippen LogP contribution in [0, 0.1) is 6.92 Å². The second-order valence-corrected chi connectivity index (χ2v) is 5.96. The molecule has 118 valence electrons. The number of methoxy groups -OCH3 is 1. The number of rotatable bonds is 6. The molecule has 0 saturated carbocycles. The third kappa shape index (κ3) is 6.04. The normalized spacial score (nSPS) is 11.1. The summed E-state index contributed by atoms with van der Waals surface area (Å²) in [6, 6.07) is 5.80. The molecule has 0 aliphatic carbocycles. The van der Waals surface area contributed by atoms with Crippen LogP contribution >= 0.6 is 0 Å². The lowest BCUT2D eigenvalue weighted by molar-refractivity contribution is 0.192. The summed E-state index contributed by atoms with van der Waals surface area (Å²) in [6.45, 7) is 9.56. The number of hydrogen-bond acceptors (Lipinski definition) is 3. The second-order valence-electron chi connectivity index (χ2n) is 5.96. The number of hydrogen-bond donors (Lipinski definition) is 2. The number of ether oxygens (including phenoxy) is 2. The highest BCUT2D eigenvalue weighted by atomic mass is 16.5. The summed E-state index contributed by atoms with van der Waals surface area (Å²) in [7, 11) is 1.59. The van der Waals surface area contributed by atoms with E-state index in [-0.39, 0.29) is 18.2 Å². The molecule has 0 aliphatic rings. The first-order valence-corrected chi connectivity index (χ1v) is 7.09. The number of urea groups is 1. The van der Waals surface area contributed by atoms with Gasteiger partial charge in [0.1, 0.15) is 5.75 Å². The smallest absolute Gasteiger partial charge is 0.317 e. The lowest BCUT2D eigenvalue weighted by atomic mass is 9.85. The van der Waals surface area contributed by atoms with E-state index in [4.69, 9.17) is 9.47 Å². The Balaban J connectivity index is 2.54. The Morgan fingerprint density at radius 1 is 1.24 bits per heavy atom. The summed E-state index contributed by atoms with van der Waals surface area (Å²) in [5, 5.41) is 5.32. The van der Waals surface area contributed by atoms with Gasteiger partial charge >= 0.3 is 6.03 Å². The molecule has 0 saturated heterocycles. The third-order valence-corrected chi connectivity index (χ3v) is 3.00. The molecule has 0 radical (unpaired) electrons. The summed E-state index contributed by atoms with van der Waals surface area (Å²) in [5.74, 6) is 0.797. The molecule has 0 aliphatic heterocycles. The quantitative estimate of drug-likeness (QED) is 0.626. The number of carbonyl (C=O) groups is 1. The Bertz CT molecular complexity index is 467. The summed E-state index contributed by atoms with van der Waals surface area (Å²) < 4.78 is 10.5. The Morgan fingerprint density at radius 3 is 2.57 bits per heavy atom. The van der Waals surface area contributed by atoms with Crippen LogP contribution in [0.2, 0.25) is 0 Å². The lowest BCUT2D eigenvalue weighted by Gasteiger charge is -2.23. The number of aryl methyl sites for hydroxylation is 1. The van der Waals surface area contributed by atoms with Crippen molar-refractivity contribution in [2.24, 2.45) is 0 Å². The second kappa shape index (κ2) is 7.88. The summed E-state index contributed by atoms with van der Waals surface area (Å²) in [5.41, 5.74) is 2.31. The fourth-order valence-corrected chi connectivity index (χ4v) is 1.86. The van der Waals surface area contributed by atoms with Crippen molar-refractivity contribution in [1.82, 2.24) is 10.6 Å². The molecule has 21 heavy (non-hydrogen) atoms. The van der Waals surface area contributed by atoms with Gasteiger partial charge in [0.25, 0.3) is 0 Å². The summed E-state index contributed by atoms with van der Waals surface area (Å²) >= 11 is 0. The standard InChI is InChI=1S/C16H26N2O3/c1-12-6-7-14(13(10-12)16(2,3)4)21-11-18-15(19)17-8-9-20-5/h6-7,10H,8-9,11H2,1-5H3,(H2,17,18,19). The largest absolute Gasteiger partial charge is 0.473 e. The van der Waals surface area contributed by atoms with E-state index in [9.17, 15) is 4.79 Å². The van der Waals surface area contributed by atoms with Crippen LogP contribution in [0.4, 0.5) is 4.79 Å². The van der Waals surface area contributed by atoms with Gasteiger partial charge in [-0.1, -0.05) is 38.5 Å². The highest BCUT2D eigenvalue weighted by Crippen LogP contribution is 2.31. The zero-order valence-corrected chi connectivity index (χ0v) is 13.6. The number of benzene rings is 1. The molecule has 5 heteroatoms. The van der Waals surface area contributed by atoms with E-state index in [0.29, 0.717) is 13.2 Å². The molecule has 0 bridgehead atoms. The molecule has 2 amide bonds. The van der Waals surface area contributed by atoms with E-state index in [1.54, 1.807) is 7.11 Å². The van der Waals surface area contributed by atoms with Gasteiger partial charge in [-0.25, -0.2) is 4.79 Å². The fourth-order valence-electron chi connectivity index (χ4n) is 1.86. The van der Waals surface area contributed by atoms with Crippen molar-refractivity contribution in [3.05, 3.63) is 29.3 Å². The molecular formula is C16H26N2O3. The van der Waals surface area contributed by atoms with Gasteiger partial charge in [0.15, 0.2) is 6.73 Å². The van der Waals surface area contributed by atoms with Gasteiger partial charge in [-0.15, -0.1) is 0 Å². The predicted molar refractivity (Wildman–Crippen MR) is 83.8 cm³/mol. The Morgan fingerprint density at radius 2 is 1.95 bits per heavy atom. The average Bonchev–Trinajstić information content (AvgIpc) is 2.39. The lowest BCUT2D eigenvalue weighted by Crippen LogP contribution is -2.39. The maximum atomic E-state index is 11.5. The Hall–Kier alpha value is -1.75. The predicted octanol–water partition coefficient (Wildman–Crippen LogP) is 2.57. The first kappa shape index (κ1) is 17.3. The number of amides is 2. The van der Waals surface area contributed by atoms with Gasteiger partial charge < -0.3 is 20.1 Å². The van der Waals surface area contributed by atoms with E-state index in [2.05, 4.69) is 44.4 Å². The zero-order valence-electron chi connectivity index (χ0n) is 13.6. The van der Waals surface area contributed by atoms with Crippen LogP contribution in [-0.4, -0.2) is 33.0 Å². The highest BCUT2D eigenvalue weighted by Gasteiger charge is 2.19. The van der Waals surface area contributed by atoms with Gasteiger partial charge in [0, 0.05) is 13.7 Å². The van der Waals surface area contributed by atoms with Crippen molar-refractivity contribution < 1.29 is 14.3 Å². The maximum Gasteiger partial charge on any atom is 0.317 e. The molecule has 1 rings (SSSR count). The number of carbonyl (C=O) groups excluding carboxylic acids is 1. The van der Waals surface area contributed by atoms with Crippen LogP contribution in [0.15, 0.2) is 18.2 Å². The molecule has 0 unspecified atom stereocenters. The van der Waals surface area contributed by atoms with Crippen molar-refractivity contribution >= 4 is 6.03 Å². The molecular weight excluding hydrogens is 268 g/mol. The van der Waals surface area contributed by atoms with Crippen molar-refractivity contribution in [1.29, 1.82) is 0 Å². The molecule has 5 nitrogen and oxygen atoms in total. The first-order valence-electron chi connectivity index (χ1n) is 7.09. The molecule has 0 spiro atoms. The van der Waals surface area contributed by atoms with E-state index in [0.717, 1.165) is 11.3 Å². The minimum atomic E-state index is -0.267. The van der Waals surface area contributed by atoms with Crippen molar-refractivity contribution in [2.45, 2.75) is 33.1 Å². The van der Waals surface area contributed by atoms with Crippen molar-refractivity contribution in [2.75, 3.05) is 27.0 Å². The third-order valence-electron chi connectivity index (χ3n) is 3.00. The zero-order chi connectivity index (χ0) is 15.9. The van der Waals surface area contributed by atoms with Crippen LogP contribution in [-0.2, 0) is 10.2 Å². The van der Waals surface area contributed by atoms with Gasteiger partial charge in [0.2, 0.25) is 0 Å². The van der Waals surface area contributed by atoms with E-state index >= 15 is 0 Å². The van der Waals surface area contributed by atoms with Crippen LogP contribution in [0.3, 0.4) is 0 Å². The summed E-state index contributed by atoms with van der Waals surface area (Å²) in [4.78, 5) is 11.5. The van der Waals surface area contributed by atoms with Gasteiger partial charge in [0.05, 0.1) is 6.61 Å². The molecule has 1 aromatic carbocycles. The van der Waals surface area contributed by atoms with Crippen LogP contribution < -0.4 is 15.4 Å². The maximum absolute atomic E-state index is 11.5. The molecule has 0 fully saturated rings. The summed E-state index contributed by atoms with van der Waals surface area (Å²) in [6.07, 6.45) is 0. The number of nitrogens with one attached hydrogen (secondary N) is 2. The Kier molecular flexibility index (Phi) is 6.49. The SMILES string of the molecule is COCCNC(=O)NCOc1ccc(C)cc1C(C)(C)C. The molecule has 0 heterocycles. The highest BCUT2D eigenvalue weighted by molar-refractivity contribution is 5.73. The van der Waals surface area contributed by atoms with Crippen LogP contribution in [0.25, 0.3) is 0 Å². The van der Waals surface area contributed by atoms with Gasteiger partial charge in [-0.3, -0.25) is 0 Å². The fraction of sp³-hybridized carbons (Fsp3) is 0.562. The van der Waals surface area contributed by atoms with Crippen molar-refractivity contribution in [3.8, 4) is 5.75 Å². The van der Waals surface area contributed by atoms with Crippen LogP contribution in [0.1, 0.15) is 31.9 Å². The van der Waals surface area contributed by atoms with E-state index in [1.165, 1.54) is 5.56 Å². The van der Waals surface area contributed by atoms with E-state index < -0.39 is 0 Å². The minimum absolute atomic E-state index is 0.0118. The van der Waals surface area contributed by atoms with Crippen LogP contribution in [0.5, 0.6) is 5.75 Å². The van der Waals surface area contributed by atoms with E-state index in [1.807, 2.05) is 12.1 Å². The van der Waals surface area contributed by atoms with Gasteiger partial charge in [-0.05, 0) is 24.0 Å². The van der Waals surface area contributed by atoms with Gasteiger partial charge in [-0.2, -0.15) is 0 Å². The monoisotopic (exact) mass is 294 g/mol. The molecule has 1 aromatic rings. The topological polar surface area (TPSA) is 59.6 Å². The molecule has 0 atom stereocenters. The molecule has 0 aromatic heterocycles. The van der Waals surface area contributed by atoms with Crippen molar-refractivity contribution in [3.63, 3.8) is 0 Å². The minimum Gasteiger partial charge on any atom is -0.473 e.